The molecule has 2 aromatic carbocycles. The van der Waals surface area contributed by atoms with Crippen molar-refractivity contribution >= 4 is 26.6 Å². The highest BCUT2D eigenvalue weighted by molar-refractivity contribution is 7.92. The highest BCUT2D eigenvalue weighted by atomic mass is 32.2. The number of hydrogen-bond acceptors (Lipinski definition) is 7. The quantitative estimate of drug-likeness (QED) is 0.316. The molecule has 1 aliphatic carbocycles. The minimum Gasteiger partial charge on any atom is -0.488 e. The Balaban J connectivity index is 1.57. The summed E-state index contributed by atoms with van der Waals surface area (Å²) in [6.45, 7) is 1.88. The highest BCUT2D eigenvalue weighted by Crippen LogP contribution is 2.37. The van der Waals surface area contributed by atoms with E-state index in [-0.39, 0.29) is 17.7 Å². The molecule has 1 aliphatic rings. The van der Waals surface area contributed by atoms with Gasteiger partial charge in [-0.25, -0.2) is 32.2 Å². The van der Waals surface area contributed by atoms with Crippen LogP contribution in [0.25, 0.3) is 22.0 Å². The summed E-state index contributed by atoms with van der Waals surface area (Å²) in [6.07, 6.45) is 8.46. The van der Waals surface area contributed by atoms with Gasteiger partial charge in [0.1, 0.15) is 39.8 Å². The molecule has 0 unspecified atom stereocenters. The third-order valence-electron chi connectivity index (χ3n) is 6.55. The SMILES string of the molecule is COc1ncc(-c2cc(OC3CCCCC3)c3ncnc(C)c3c2)cc1NS(=O)(=O)c1ccc(F)cc1F. The average Bonchev–Trinajstić information content (AvgIpc) is 2.89. The van der Waals surface area contributed by atoms with Crippen LogP contribution in [0.4, 0.5) is 14.5 Å². The molecule has 4 aromatic rings. The van der Waals surface area contributed by atoms with Gasteiger partial charge in [-0.05, 0) is 68.5 Å². The van der Waals surface area contributed by atoms with Gasteiger partial charge in [0.25, 0.3) is 10.0 Å². The number of nitrogens with one attached hydrogen (secondary N) is 1. The molecule has 0 amide bonds. The van der Waals surface area contributed by atoms with E-state index in [1.165, 1.54) is 25.9 Å². The zero-order chi connectivity index (χ0) is 26.9. The number of methoxy groups -OCH3 is 1. The van der Waals surface area contributed by atoms with Crippen LogP contribution in [0.2, 0.25) is 0 Å². The van der Waals surface area contributed by atoms with Crippen LogP contribution in [-0.4, -0.2) is 36.6 Å². The number of sulfonamides is 1. The molecule has 2 heterocycles. The third-order valence-corrected chi connectivity index (χ3v) is 7.95. The first-order chi connectivity index (χ1) is 18.2. The van der Waals surface area contributed by atoms with Crippen molar-refractivity contribution in [2.24, 2.45) is 0 Å². The lowest BCUT2D eigenvalue weighted by molar-refractivity contribution is 0.157. The number of ether oxygens (including phenoxy) is 2. The largest absolute Gasteiger partial charge is 0.488 e. The van der Waals surface area contributed by atoms with Crippen LogP contribution >= 0.6 is 0 Å². The molecule has 2 aromatic heterocycles. The van der Waals surface area contributed by atoms with Crippen molar-refractivity contribution in [2.45, 2.75) is 50.0 Å². The monoisotopic (exact) mass is 540 g/mol. The molecule has 0 atom stereocenters. The number of aryl methyl sites for hydroxylation is 1. The molecule has 11 heteroatoms. The Morgan fingerprint density at radius 2 is 1.76 bits per heavy atom. The fourth-order valence-electron chi connectivity index (χ4n) is 4.62. The van der Waals surface area contributed by atoms with Crippen molar-refractivity contribution in [2.75, 3.05) is 11.8 Å². The van der Waals surface area contributed by atoms with Crippen LogP contribution in [0.15, 0.2) is 53.8 Å². The van der Waals surface area contributed by atoms with Gasteiger partial charge in [0.15, 0.2) is 0 Å². The van der Waals surface area contributed by atoms with Gasteiger partial charge in [-0.1, -0.05) is 6.42 Å². The number of fused-ring (bicyclic) bond motifs is 1. The summed E-state index contributed by atoms with van der Waals surface area (Å²) >= 11 is 0. The number of rotatable bonds is 7. The standard InChI is InChI=1S/C27H26F2N4O4S/c1-16-21-10-17(12-24(26(21)32-15-31-16)37-20-6-4-3-5-7-20)18-11-23(27(36-2)30-14-18)33-38(34,35)25-9-8-19(28)13-22(25)29/h8-15,20,33H,3-7H2,1-2H3. The molecule has 0 radical (unpaired) electrons. The zero-order valence-electron chi connectivity index (χ0n) is 20.9. The summed E-state index contributed by atoms with van der Waals surface area (Å²) in [6, 6.07) is 7.52. The van der Waals surface area contributed by atoms with Crippen molar-refractivity contribution in [3.8, 4) is 22.8 Å². The summed E-state index contributed by atoms with van der Waals surface area (Å²) in [5.74, 6) is -1.50. The maximum absolute atomic E-state index is 14.3. The molecule has 1 fully saturated rings. The van der Waals surface area contributed by atoms with Gasteiger partial charge in [-0.15, -0.1) is 0 Å². The predicted molar refractivity (Wildman–Crippen MR) is 139 cm³/mol. The third kappa shape index (κ3) is 5.24. The first-order valence-electron chi connectivity index (χ1n) is 12.2. The maximum atomic E-state index is 14.3. The number of benzene rings is 2. The Morgan fingerprint density at radius 1 is 0.974 bits per heavy atom. The normalized spacial score (nSPS) is 14.4. The second-order valence-electron chi connectivity index (χ2n) is 9.17. The molecule has 0 saturated heterocycles. The highest BCUT2D eigenvalue weighted by Gasteiger charge is 2.23. The number of nitrogens with zero attached hydrogens (tertiary/aromatic N) is 3. The van der Waals surface area contributed by atoms with Gasteiger partial charge >= 0.3 is 0 Å². The van der Waals surface area contributed by atoms with E-state index in [4.69, 9.17) is 9.47 Å². The van der Waals surface area contributed by atoms with Crippen LogP contribution < -0.4 is 14.2 Å². The molecule has 1 N–H and O–H groups in total. The molecule has 1 saturated carbocycles. The molecule has 38 heavy (non-hydrogen) atoms. The topological polar surface area (TPSA) is 103 Å². The van der Waals surface area contributed by atoms with E-state index in [1.54, 1.807) is 6.20 Å². The van der Waals surface area contributed by atoms with E-state index in [0.717, 1.165) is 48.9 Å². The molecule has 8 nitrogen and oxygen atoms in total. The smallest absolute Gasteiger partial charge is 0.264 e. The van der Waals surface area contributed by atoms with Gasteiger partial charge in [-0.3, -0.25) is 4.72 Å². The first-order valence-corrected chi connectivity index (χ1v) is 13.7. The minimum absolute atomic E-state index is 0.00963. The van der Waals surface area contributed by atoms with Gasteiger partial charge in [-0.2, -0.15) is 0 Å². The second kappa shape index (κ2) is 10.5. The van der Waals surface area contributed by atoms with Gasteiger partial charge < -0.3 is 9.47 Å². The van der Waals surface area contributed by atoms with Gasteiger partial charge in [0, 0.05) is 28.9 Å². The van der Waals surface area contributed by atoms with Gasteiger partial charge in [0.2, 0.25) is 5.88 Å². The van der Waals surface area contributed by atoms with E-state index in [2.05, 4.69) is 19.7 Å². The number of halogens is 2. The maximum Gasteiger partial charge on any atom is 0.264 e. The van der Waals surface area contributed by atoms with Crippen LogP contribution in [0.1, 0.15) is 37.8 Å². The second-order valence-corrected chi connectivity index (χ2v) is 10.8. The van der Waals surface area contributed by atoms with E-state index in [0.29, 0.717) is 28.5 Å². The van der Waals surface area contributed by atoms with Crippen molar-refractivity contribution < 1.29 is 26.7 Å². The van der Waals surface area contributed by atoms with Crippen molar-refractivity contribution in [3.05, 3.63) is 66.3 Å². The number of anilines is 1. The summed E-state index contributed by atoms with van der Waals surface area (Å²) in [5, 5.41) is 0.794. The Hall–Kier alpha value is -3.86. The molecule has 5 rings (SSSR count). The van der Waals surface area contributed by atoms with Crippen molar-refractivity contribution in [1.82, 2.24) is 15.0 Å². The van der Waals surface area contributed by atoms with Crippen molar-refractivity contribution in [3.63, 3.8) is 0 Å². The molecule has 198 valence electrons. The van der Waals surface area contributed by atoms with Crippen molar-refractivity contribution in [1.29, 1.82) is 0 Å². The van der Waals surface area contributed by atoms with E-state index in [1.807, 2.05) is 19.1 Å². The molecule has 0 spiro atoms. The molecular weight excluding hydrogens is 514 g/mol. The summed E-state index contributed by atoms with van der Waals surface area (Å²) in [4.78, 5) is 12.3. The molecular formula is C27H26F2N4O4S. The fraction of sp³-hybridized carbons (Fsp3) is 0.296. The Bertz CT molecular complexity index is 1610. The van der Waals surface area contributed by atoms with Crippen LogP contribution in [0, 0.1) is 18.6 Å². The van der Waals surface area contributed by atoms with Crippen LogP contribution in [0.3, 0.4) is 0 Å². The first kappa shape index (κ1) is 25.8. The summed E-state index contributed by atoms with van der Waals surface area (Å²) < 4.78 is 67.5. The summed E-state index contributed by atoms with van der Waals surface area (Å²) in [7, 11) is -3.08. The Kier molecular flexibility index (Phi) is 7.11. The average molecular weight is 541 g/mol. The number of aromatic nitrogens is 3. The minimum atomic E-state index is -4.42. The van der Waals surface area contributed by atoms with Crippen LogP contribution in [0.5, 0.6) is 11.6 Å². The lowest BCUT2D eigenvalue weighted by Gasteiger charge is -2.24. The fourth-order valence-corrected chi connectivity index (χ4v) is 5.73. The Labute approximate surface area is 219 Å². The van der Waals surface area contributed by atoms with E-state index < -0.39 is 26.6 Å². The lowest BCUT2D eigenvalue weighted by Crippen LogP contribution is -2.20. The van der Waals surface area contributed by atoms with E-state index in [9.17, 15) is 17.2 Å². The van der Waals surface area contributed by atoms with Crippen LogP contribution in [-0.2, 0) is 10.0 Å². The number of hydrogen-bond donors (Lipinski definition) is 1. The van der Waals surface area contributed by atoms with Gasteiger partial charge in [0.05, 0.1) is 13.2 Å². The lowest BCUT2D eigenvalue weighted by atomic mass is 9.97. The zero-order valence-corrected chi connectivity index (χ0v) is 21.7. The van der Waals surface area contributed by atoms with E-state index >= 15 is 0 Å². The number of pyridine rings is 1. The molecule has 0 bridgehead atoms. The summed E-state index contributed by atoms with van der Waals surface area (Å²) in [5.41, 5.74) is 2.71. The Morgan fingerprint density at radius 3 is 2.50 bits per heavy atom. The molecule has 0 aliphatic heterocycles. The predicted octanol–water partition coefficient (Wildman–Crippen LogP) is 5.80.